The highest BCUT2D eigenvalue weighted by molar-refractivity contribution is 7.89. The number of nitrogens with one attached hydrogen (secondary N) is 2. The van der Waals surface area contributed by atoms with Gasteiger partial charge in [0.15, 0.2) is 4.90 Å². The Morgan fingerprint density at radius 1 is 1.10 bits per heavy atom. The third-order valence-electron chi connectivity index (χ3n) is 2.62. The van der Waals surface area contributed by atoms with E-state index in [4.69, 9.17) is 0 Å². The Morgan fingerprint density at radius 3 is 2.24 bits per heavy atom. The molecule has 1 aromatic carbocycles. The molecule has 0 fully saturated rings. The van der Waals surface area contributed by atoms with Crippen LogP contribution in [0.1, 0.15) is 5.56 Å². The lowest BCUT2D eigenvalue weighted by Gasteiger charge is -2.10. The number of pyridine rings is 1. The fraction of sp³-hybridized carbons (Fsp3) is 0.154. The van der Waals surface area contributed by atoms with Gasteiger partial charge in [-0.25, -0.2) is 4.98 Å². The normalized spacial score (nSPS) is 13.0. The summed E-state index contributed by atoms with van der Waals surface area (Å²) in [7, 11) is 1.56. The molecule has 1 heterocycles. The molecule has 2 rings (SSSR count). The van der Waals surface area contributed by atoms with E-state index in [1.54, 1.807) is 19.2 Å². The van der Waals surface area contributed by atoms with E-state index < -0.39 is 23.1 Å². The van der Waals surface area contributed by atoms with Crippen molar-refractivity contribution in [3.63, 3.8) is 0 Å². The van der Waals surface area contributed by atoms with Crippen LogP contribution in [0, 0.1) is 0 Å². The molecule has 0 aliphatic carbocycles. The number of anilines is 2. The quantitative estimate of drug-likeness (QED) is 0.851. The van der Waals surface area contributed by atoms with Crippen LogP contribution in [0.5, 0.6) is 0 Å². The summed E-state index contributed by atoms with van der Waals surface area (Å²) < 4.78 is 51.3. The van der Waals surface area contributed by atoms with E-state index in [0.717, 1.165) is 12.1 Å². The fourth-order valence-electron chi connectivity index (χ4n) is 1.57. The van der Waals surface area contributed by atoms with Crippen LogP contribution in [0.4, 0.5) is 24.7 Å². The van der Waals surface area contributed by atoms with Gasteiger partial charge in [-0.2, -0.15) is 13.2 Å². The van der Waals surface area contributed by atoms with Crippen molar-refractivity contribution >= 4 is 22.9 Å². The molecule has 0 aliphatic rings. The third-order valence-corrected chi connectivity index (χ3v) is 3.66. The van der Waals surface area contributed by atoms with Gasteiger partial charge in [0.1, 0.15) is 5.82 Å². The molecule has 0 amide bonds. The zero-order valence-corrected chi connectivity index (χ0v) is 11.8. The minimum atomic E-state index is -4.35. The van der Waals surface area contributed by atoms with Crippen molar-refractivity contribution in [3.8, 4) is 0 Å². The molecular formula is C13H12F3N3OS. The molecule has 0 saturated carbocycles. The number of nitrogens with zero attached hydrogens (tertiary/aromatic N) is 1. The van der Waals surface area contributed by atoms with Crippen molar-refractivity contribution in [2.75, 3.05) is 12.4 Å². The summed E-state index contributed by atoms with van der Waals surface area (Å²) in [6.07, 6.45) is -2.92. The summed E-state index contributed by atoms with van der Waals surface area (Å²) in [5.41, 5.74) is -0.223. The van der Waals surface area contributed by atoms with Crippen molar-refractivity contribution < 1.29 is 17.7 Å². The number of benzene rings is 1. The van der Waals surface area contributed by atoms with Gasteiger partial charge in [0.25, 0.3) is 0 Å². The maximum absolute atomic E-state index is 12.4. The molecule has 1 atom stereocenters. The van der Waals surface area contributed by atoms with Crippen LogP contribution in [0.25, 0.3) is 0 Å². The first-order chi connectivity index (χ1) is 9.90. The number of alkyl halides is 3. The molecule has 1 aromatic heterocycles. The molecule has 0 saturated heterocycles. The van der Waals surface area contributed by atoms with E-state index in [2.05, 4.69) is 15.0 Å². The highest BCUT2D eigenvalue weighted by atomic mass is 32.2. The molecule has 8 heteroatoms. The van der Waals surface area contributed by atoms with Gasteiger partial charge >= 0.3 is 6.18 Å². The summed E-state index contributed by atoms with van der Waals surface area (Å²) in [6.45, 7) is 0. The van der Waals surface area contributed by atoms with E-state index in [9.17, 15) is 17.7 Å². The van der Waals surface area contributed by atoms with Crippen LogP contribution in [0.15, 0.2) is 47.5 Å². The topological polar surface area (TPSA) is 60.0 Å². The third kappa shape index (κ3) is 4.10. The molecule has 2 N–H and O–H groups in total. The van der Waals surface area contributed by atoms with Gasteiger partial charge in [0.2, 0.25) is 0 Å². The van der Waals surface area contributed by atoms with Gasteiger partial charge in [-0.15, -0.1) is 4.72 Å². The van der Waals surface area contributed by atoms with Gasteiger partial charge in [-0.1, -0.05) is 0 Å². The van der Waals surface area contributed by atoms with Crippen LogP contribution >= 0.6 is 0 Å². The first-order valence-corrected chi connectivity index (χ1v) is 7.04. The monoisotopic (exact) mass is 315 g/mol. The minimum Gasteiger partial charge on any atom is -0.593 e. The van der Waals surface area contributed by atoms with Crippen LogP contribution in [0.3, 0.4) is 0 Å². The lowest BCUT2D eigenvalue weighted by molar-refractivity contribution is -0.137. The van der Waals surface area contributed by atoms with E-state index in [1.807, 2.05) is 0 Å². The van der Waals surface area contributed by atoms with Gasteiger partial charge in [-0.3, -0.25) is 0 Å². The Labute approximate surface area is 122 Å². The minimum absolute atomic E-state index is 0.451. The van der Waals surface area contributed by atoms with Crippen molar-refractivity contribution in [1.82, 2.24) is 9.71 Å². The number of hydrogen-bond donors (Lipinski definition) is 2. The van der Waals surface area contributed by atoms with Crippen LogP contribution < -0.4 is 10.0 Å². The van der Waals surface area contributed by atoms with Gasteiger partial charge in [0, 0.05) is 18.8 Å². The van der Waals surface area contributed by atoms with E-state index >= 15 is 0 Å². The molecule has 0 radical (unpaired) electrons. The van der Waals surface area contributed by atoms with Crippen LogP contribution in [0.2, 0.25) is 0 Å². The van der Waals surface area contributed by atoms with Gasteiger partial charge in [0.05, 0.1) is 23.1 Å². The molecule has 2 aromatic rings. The highest BCUT2D eigenvalue weighted by Gasteiger charge is 2.29. The average molecular weight is 315 g/mol. The number of hydrogen-bond acceptors (Lipinski definition) is 4. The zero-order chi connectivity index (χ0) is 15.5. The summed E-state index contributed by atoms with van der Waals surface area (Å²) in [5, 5.41) is 2.87. The van der Waals surface area contributed by atoms with Crippen LogP contribution in [-0.4, -0.2) is 16.6 Å². The average Bonchev–Trinajstić information content (AvgIpc) is 2.47. The molecule has 112 valence electrons. The molecule has 21 heavy (non-hydrogen) atoms. The maximum atomic E-state index is 12.4. The highest BCUT2D eigenvalue weighted by Crippen LogP contribution is 2.30. The molecular weight excluding hydrogens is 303 g/mol. The van der Waals surface area contributed by atoms with E-state index in [1.165, 1.54) is 18.3 Å². The van der Waals surface area contributed by atoms with E-state index in [-0.39, 0.29) is 0 Å². The smallest absolute Gasteiger partial charge is 0.416 e. The summed E-state index contributed by atoms with van der Waals surface area (Å²) in [5.74, 6) is 0.451. The maximum Gasteiger partial charge on any atom is 0.416 e. The first kappa shape index (κ1) is 15.6. The zero-order valence-electron chi connectivity index (χ0n) is 10.9. The Balaban J connectivity index is 2.08. The Kier molecular flexibility index (Phi) is 4.71. The summed E-state index contributed by atoms with van der Waals surface area (Å²) in [6, 6.07) is 7.85. The summed E-state index contributed by atoms with van der Waals surface area (Å²) in [4.78, 5) is 4.56. The largest absolute Gasteiger partial charge is 0.593 e. The van der Waals surface area contributed by atoms with Gasteiger partial charge < -0.3 is 9.87 Å². The second-order valence-electron chi connectivity index (χ2n) is 4.05. The van der Waals surface area contributed by atoms with Crippen molar-refractivity contribution in [2.45, 2.75) is 11.1 Å². The SMILES string of the molecule is CN[S+]([O-])c1ccc(Nc2ccc(C(F)(F)F)cc2)nc1. The Hall–Kier alpha value is -1.77. The lowest BCUT2D eigenvalue weighted by atomic mass is 10.2. The molecule has 4 nitrogen and oxygen atoms in total. The first-order valence-electron chi connectivity index (χ1n) is 5.89. The Bertz CT molecular complexity index is 587. The standard InChI is InChI=1S/C13H12F3N3OS/c1-17-21(20)11-6-7-12(18-8-11)19-10-4-2-9(3-5-10)13(14,15)16/h2-8,17H,1H3,(H,18,19). The predicted octanol–water partition coefficient (Wildman–Crippen LogP) is 3.09. The van der Waals surface area contributed by atoms with Crippen molar-refractivity contribution in [1.29, 1.82) is 0 Å². The molecule has 0 bridgehead atoms. The summed E-state index contributed by atoms with van der Waals surface area (Å²) >= 11 is -1.32. The van der Waals surface area contributed by atoms with Crippen molar-refractivity contribution in [3.05, 3.63) is 48.2 Å². The van der Waals surface area contributed by atoms with Crippen molar-refractivity contribution in [2.24, 2.45) is 0 Å². The predicted molar refractivity (Wildman–Crippen MR) is 74.4 cm³/mol. The molecule has 0 aliphatic heterocycles. The van der Waals surface area contributed by atoms with E-state index in [0.29, 0.717) is 16.4 Å². The number of rotatable bonds is 4. The second kappa shape index (κ2) is 6.33. The fourth-order valence-corrected chi connectivity index (χ4v) is 2.15. The second-order valence-corrected chi connectivity index (χ2v) is 5.47. The molecule has 1 unspecified atom stereocenters. The Morgan fingerprint density at radius 2 is 1.76 bits per heavy atom. The molecule has 0 spiro atoms. The number of aromatic nitrogens is 1. The van der Waals surface area contributed by atoms with Crippen LogP contribution in [-0.2, 0) is 17.5 Å². The lowest BCUT2D eigenvalue weighted by Crippen LogP contribution is -2.18. The number of halogens is 3. The van der Waals surface area contributed by atoms with Gasteiger partial charge in [-0.05, 0) is 30.3 Å².